The minimum atomic E-state index is -0.437. The third kappa shape index (κ3) is 3.89. The molecule has 5 nitrogen and oxygen atoms in total. The van der Waals surface area contributed by atoms with Crippen LogP contribution < -0.4 is 0 Å². The summed E-state index contributed by atoms with van der Waals surface area (Å²) in [5, 5.41) is 19.9. The monoisotopic (exact) mass is 317 g/mol. The van der Waals surface area contributed by atoms with Crippen molar-refractivity contribution in [3.63, 3.8) is 0 Å². The Hall–Kier alpha value is -1.27. The number of carbonyl (C=O) groups excluding carboxylic acids is 1. The van der Waals surface area contributed by atoms with Gasteiger partial charge in [0.1, 0.15) is 17.1 Å². The first-order valence-corrected chi connectivity index (χ1v) is 6.60. The predicted molar refractivity (Wildman–Crippen MR) is 71.3 cm³/mol. The number of carbonyl (C=O) groups is 1. The Morgan fingerprint density at radius 1 is 1.33 bits per heavy atom. The lowest BCUT2D eigenvalue weighted by molar-refractivity contribution is 0.0707. The Morgan fingerprint density at radius 2 is 1.94 bits per heavy atom. The zero-order valence-corrected chi connectivity index (χ0v) is 11.7. The molecule has 0 fully saturated rings. The highest BCUT2D eigenvalue weighted by Crippen LogP contribution is 2.27. The maximum atomic E-state index is 12.0. The van der Waals surface area contributed by atoms with Gasteiger partial charge in [0.05, 0.1) is 13.2 Å². The van der Waals surface area contributed by atoms with E-state index >= 15 is 0 Å². The highest BCUT2D eigenvalue weighted by atomic mass is 79.9. The van der Waals surface area contributed by atoms with Crippen molar-refractivity contribution in [3.05, 3.63) is 23.8 Å². The quantitative estimate of drug-likeness (QED) is 0.617. The van der Waals surface area contributed by atoms with Crippen molar-refractivity contribution in [2.75, 3.05) is 32.1 Å². The van der Waals surface area contributed by atoms with Crippen LogP contribution in [0.4, 0.5) is 0 Å². The summed E-state index contributed by atoms with van der Waals surface area (Å²) in [7, 11) is 1.59. The van der Waals surface area contributed by atoms with Gasteiger partial charge in [-0.3, -0.25) is 4.79 Å². The molecular weight excluding hydrogens is 302 g/mol. The average Bonchev–Trinajstić information content (AvgIpc) is 2.34. The second-order valence-corrected chi connectivity index (χ2v) is 4.49. The number of likely N-dealkylation sites (N-methyl/N-ethyl adjacent to an activating group) is 1. The van der Waals surface area contributed by atoms with Gasteiger partial charge in [-0.05, 0) is 12.1 Å². The molecule has 0 spiro atoms. The van der Waals surface area contributed by atoms with Crippen LogP contribution in [0.2, 0.25) is 0 Å². The number of alkyl halides is 1. The van der Waals surface area contributed by atoms with Crippen LogP contribution in [-0.4, -0.2) is 53.2 Å². The summed E-state index contributed by atoms with van der Waals surface area (Å²) in [5.41, 5.74) is -0.0829. The number of nitrogens with zero attached hydrogens (tertiary/aromatic N) is 1. The molecule has 100 valence electrons. The fraction of sp³-hybridized carbons (Fsp3) is 0.417. The van der Waals surface area contributed by atoms with Crippen molar-refractivity contribution >= 4 is 21.8 Å². The molecular formula is C12H16BrNO4. The number of ether oxygens (including phenoxy) is 1. The average molecular weight is 318 g/mol. The van der Waals surface area contributed by atoms with Gasteiger partial charge in [0, 0.05) is 18.9 Å². The molecule has 2 N–H and O–H groups in total. The van der Waals surface area contributed by atoms with Crippen LogP contribution >= 0.6 is 15.9 Å². The summed E-state index contributed by atoms with van der Waals surface area (Å²) in [6.45, 7) is 1.37. The van der Waals surface area contributed by atoms with Gasteiger partial charge in [-0.2, -0.15) is 0 Å². The summed E-state index contributed by atoms with van der Waals surface area (Å²) in [6, 6.07) is 4.20. The first-order valence-electron chi connectivity index (χ1n) is 5.48. The fourth-order valence-corrected chi connectivity index (χ4v) is 1.63. The molecule has 0 atom stereocenters. The zero-order valence-electron chi connectivity index (χ0n) is 10.1. The van der Waals surface area contributed by atoms with E-state index in [4.69, 9.17) is 4.74 Å². The number of phenolic OH excluding ortho intramolecular Hbond substituents is 2. The Balaban J connectivity index is 2.63. The molecule has 0 aliphatic carbocycles. The number of benzene rings is 1. The summed E-state index contributed by atoms with van der Waals surface area (Å²) >= 11 is 3.23. The number of rotatable bonds is 6. The molecule has 18 heavy (non-hydrogen) atoms. The minimum absolute atomic E-state index is 0.0829. The molecule has 0 bridgehead atoms. The predicted octanol–water partition coefficient (Wildman–Crippen LogP) is 1.58. The van der Waals surface area contributed by atoms with E-state index in [1.807, 2.05) is 0 Å². The van der Waals surface area contributed by atoms with Crippen LogP contribution in [0.5, 0.6) is 11.5 Å². The van der Waals surface area contributed by atoms with Crippen molar-refractivity contribution in [3.8, 4) is 11.5 Å². The summed E-state index contributed by atoms with van der Waals surface area (Å²) in [4.78, 5) is 13.4. The molecule has 0 heterocycles. The maximum absolute atomic E-state index is 12.0. The Bertz CT molecular complexity index is 391. The van der Waals surface area contributed by atoms with E-state index < -0.39 is 5.91 Å². The molecule has 1 rings (SSSR count). The molecule has 0 unspecified atom stereocenters. The topological polar surface area (TPSA) is 70.0 Å². The highest BCUT2D eigenvalue weighted by Gasteiger charge is 2.19. The van der Waals surface area contributed by atoms with Crippen LogP contribution in [-0.2, 0) is 4.74 Å². The second kappa shape index (κ2) is 7.23. The molecule has 0 aliphatic rings. The first-order chi connectivity index (χ1) is 8.57. The SMILES string of the molecule is CN(CCOCCBr)C(=O)c1c(O)cccc1O. The highest BCUT2D eigenvalue weighted by molar-refractivity contribution is 9.09. The Labute approximate surface area is 114 Å². The van der Waals surface area contributed by atoms with Gasteiger partial charge in [-0.15, -0.1) is 0 Å². The number of amides is 1. The first kappa shape index (κ1) is 14.8. The maximum Gasteiger partial charge on any atom is 0.261 e. The third-order valence-corrected chi connectivity index (χ3v) is 2.70. The van der Waals surface area contributed by atoms with E-state index in [2.05, 4.69) is 15.9 Å². The van der Waals surface area contributed by atoms with Gasteiger partial charge in [0.2, 0.25) is 0 Å². The zero-order chi connectivity index (χ0) is 13.5. The Kier molecular flexibility index (Phi) is 5.94. The number of hydrogen-bond acceptors (Lipinski definition) is 4. The third-order valence-electron chi connectivity index (χ3n) is 2.37. The van der Waals surface area contributed by atoms with Gasteiger partial charge in [0.15, 0.2) is 0 Å². The van der Waals surface area contributed by atoms with E-state index in [-0.39, 0.29) is 17.1 Å². The number of hydrogen-bond donors (Lipinski definition) is 2. The van der Waals surface area contributed by atoms with E-state index in [0.29, 0.717) is 19.8 Å². The van der Waals surface area contributed by atoms with Gasteiger partial charge in [0.25, 0.3) is 5.91 Å². The molecule has 1 amide bonds. The van der Waals surface area contributed by atoms with Gasteiger partial charge in [-0.1, -0.05) is 22.0 Å². The molecule has 0 radical (unpaired) electrons. The van der Waals surface area contributed by atoms with Crippen molar-refractivity contribution in [2.24, 2.45) is 0 Å². The van der Waals surface area contributed by atoms with Crippen LogP contribution in [0.25, 0.3) is 0 Å². The van der Waals surface area contributed by atoms with Crippen LogP contribution in [0.3, 0.4) is 0 Å². The van der Waals surface area contributed by atoms with Crippen LogP contribution in [0.1, 0.15) is 10.4 Å². The summed E-state index contributed by atoms with van der Waals surface area (Å²) < 4.78 is 5.23. The lowest BCUT2D eigenvalue weighted by atomic mass is 10.1. The van der Waals surface area contributed by atoms with E-state index in [1.54, 1.807) is 7.05 Å². The second-order valence-electron chi connectivity index (χ2n) is 3.70. The normalized spacial score (nSPS) is 10.3. The van der Waals surface area contributed by atoms with E-state index in [9.17, 15) is 15.0 Å². The number of halogens is 1. The molecule has 0 aromatic heterocycles. The van der Waals surface area contributed by atoms with Gasteiger partial charge in [-0.25, -0.2) is 0 Å². The summed E-state index contributed by atoms with van der Waals surface area (Å²) in [6.07, 6.45) is 0. The number of phenols is 2. The van der Waals surface area contributed by atoms with E-state index in [1.165, 1.54) is 23.1 Å². The van der Waals surface area contributed by atoms with Crippen molar-refractivity contribution < 1.29 is 19.7 Å². The largest absolute Gasteiger partial charge is 0.507 e. The van der Waals surface area contributed by atoms with Crippen molar-refractivity contribution in [1.29, 1.82) is 0 Å². The van der Waals surface area contributed by atoms with Crippen LogP contribution in [0.15, 0.2) is 18.2 Å². The van der Waals surface area contributed by atoms with Crippen molar-refractivity contribution in [2.45, 2.75) is 0 Å². The number of aromatic hydroxyl groups is 2. The lowest BCUT2D eigenvalue weighted by Gasteiger charge is -2.18. The molecule has 1 aromatic carbocycles. The molecule has 1 aromatic rings. The molecule has 6 heteroatoms. The Morgan fingerprint density at radius 3 is 2.50 bits per heavy atom. The van der Waals surface area contributed by atoms with E-state index in [0.717, 1.165) is 5.33 Å². The standard InChI is InChI=1S/C12H16BrNO4/c1-14(6-8-18-7-5-13)12(17)11-9(15)3-2-4-10(11)16/h2-4,15-16H,5-8H2,1H3. The van der Waals surface area contributed by atoms with Crippen molar-refractivity contribution in [1.82, 2.24) is 4.90 Å². The lowest BCUT2D eigenvalue weighted by Crippen LogP contribution is -2.30. The fourth-order valence-electron chi connectivity index (χ4n) is 1.40. The van der Waals surface area contributed by atoms with Gasteiger partial charge < -0.3 is 19.8 Å². The molecule has 0 saturated heterocycles. The minimum Gasteiger partial charge on any atom is -0.507 e. The molecule has 0 aliphatic heterocycles. The smallest absolute Gasteiger partial charge is 0.261 e. The molecule has 0 saturated carbocycles. The van der Waals surface area contributed by atoms with Gasteiger partial charge >= 0.3 is 0 Å². The summed E-state index contributed by atoms with van der Waals surface area (Å²) in [5.74, 6) is -0.894. The van der Waals surface area contributed by atoms with Crippen LogP contribution in [0, 0.1) is 0 Å².